The summed E-state index contributed by atoms with van der Waals surface area (Å²) in [5, 5.41) is 3.50. The van der Waals surface area contributed by atoms with E-state index in [1.807, 2.05) is 6.07 Å². The molecule has 1 heterocycles. The Labute approximate surface area is 122 Å². The Balaban J connectivity index is 2.48. The number of aromatic nitrogens is 1. The van der Waals surface area contributed by atoms with Gasteiger partial charge >= 0.3 is 5.97 Å². The number of amides is 1. The van der Waals surface area contributed by atoms with Crippen molar-refractivity contribution in [3.8, 4) is 5.75 Å². The van der Waals surface area contributed by atoms with Crippen molar-refractivity contribution in [2.45, 2.75) is 13.3 Å². The molecule has 0 aliphatic rings. The van der Waals surface area contributed by atoms with Gasteiger partial charge in [-0.1, -0.05) is 0 Å². The van der Waals surface area contributed by atoms with Gasteiger partial charge in [0.15, 0.2) is 0 Å². The van der Waals surface area contributed by atoms with Gasteiger partial charge in [-0.15, -0.1) is 0 Å². The number of methoxy groups -OCH3 is 2. The van der Waals surface area contributed by atoms with E-state index in [9.17, 15) is 9.59 Å². The summed E-state index contributed by atoms with van der Waals surface area (Å²) in [4.78, 5) is 26.9. The first-order valence-electron chi connectivity index (χ1n) is 6.35. The van der Waals surface area contributed by atoms with E-state index in [2.05, 4.69) is 15.0 Å². The van der Waals surface area contributed by atoms with Gasteiger partial charge in [0.05, 0.1) is 31.9 Å². The lowest BCUT2D eigenvalue weighted by molar-refractivity contribution is -0.139. The molecule has 0 spiro atoms. The minimum Gasteiger partial charge on any atom is -0.496 e. The number of nitrogens with one attached hydrogen (secondary N) is 1. The Morgan fingerprint density at radius 3 is 2.62 bits per heavy atom. The van der Waals surface area contributed by atoms with Gasteiger partial charge in [-0.3, -0.25) is 14.6 Å². The normalized spacial score (nSPS) is 10.2. The maximum absolute atomic E-state index is 11.3. The maximum Gasteiger partial charge on any atom is 0.311 e. The molecule has 1 aromatic heterocycles. The van der Waals surface area contributed by atoms with Crippen LogP contribution >= 0.6 is 0 Å². The fourth-order valence-electron chi connectivity index (χ4n) is 2.01. The minimum atomic E-state index is -0.355. The number of fused-ring (bicyclic) bond motifs is 1. The number of pyridine rings is 1. The highest BCUT2D eigenvalue weighted by molar-refractivity contribution is 5.95. The average Bonchev–Trinajstić information content (AvgIpc) is 2.45. The Hall–Kier alpha value is -2.63. The summed E-state index contributed by atoms with van der Waals surface area (Å²) in [7, 11) is 2.88. The Kier molecular flexibility index (Phi) is 4.37. The molecule has 2 aromatic rings. The number of esters is 1. The number of carbonyl (C=O) groups is 2. The second-order valence-electron chi connectivity index (χ2n) is 4.48. The number of ether oxygens (including phenoxy) is 2. The molecule has 0 saturated carbocycles. The van der Waals surface area contributed by atoms with Crippen LogP contribution in [-0.4, -0.2) is 31.1 Å². The lowest BCUT2D eigenvalue weighted by Crippen LogP contribution is -2.07. The molecule has 21 heavy (non-hydrogen) atoms. The molecule has 0 aliphatic carbocycles. The van der Waals surface area contributed by atoms with Gasteiger partial charge in [0.25, 0.3) is 0 Å². The molecule has 0 saturated heterocycles. The summed E-state index contributed by atoms with van der Waals surface area (Å²) in [5.74, 6) is 0.0716. The first-order chi connectivity index (χ1) is 10.0. The zero-order chi connectivity index (χ0) is 15.4. The molecule has 0 unspecified atom stereocenters. The molecular formula is C15H16N2O4. The monoisotopic (exact) mass is 288 g/mol. The highest BCUT2D eigenvalue weighted by atomic mass is 16.5. The summed E-state index contributed by atoms with van der Waals surface area (Å²) >= 11 is 0. The van der Waals surface area contributed by atoms with Gasteiger partial charge in [0, 0.05) is 24.1 Å². The highest BCUT2D eigenvalue weighted by Crippen LogP contribution is 2.29. The summed E-state index contributed by atoms with van der Waals surface area (Å²) in [5.41, 5.74) is 1.82. The average molecular weight is 288 g/mol. The standard InChI is InChI=1S/C15H16N2O4/c1-9(18)16-11-6-13-12(14(7-11)20-2)5-4-10(17-13)8-15(19)21-3/h4-7H,8H2,1-3H3,(H,16,18). The van der Waals surface area contributed by atoms with Crippen molar-refractivity contribution < 1.29 is 19.1 Å². The van der Waals surface area contributed by atoms with Crippen LogP contribution in [0, 0.1) is 0 Å². The molecule has 0 aliphatic heterocycles. The first kappa shape index (κ1) is 14.8. The van der Waals surface area contributed by atoms with E-state index < -0.39 is 0 Å². The van der Waals surface area contributed by atoms with Crippen LogP contribution in [0.15, 0.2) is 24.3 Å². The molecule has 1 aromatic carbocycles. The van der Waals surface area contributed by atoms with E-state index in [1.165, 1.54) is 14.0 Å². The summed E-state index contributed by atoms with van der Waals surface area (Å²) < 4.78 is 9.94. The molecule has 1 amide bonds. The summed E-state index contributed by atoms with van der Waals surface area (Å²) in [6.45, 7) is 1.43. The van der Waals surface area contributed by atoms with Crippen molar-refractivity contribution in [2.24, 2.45) is 0 Å². The molecule has 0 radical (unpaired) electrons. The maximum atomic E-state index is 11.3. The van der Waals surface area contributed by atoms with Crippen LogP contribution in [0.1, 0.15) is 12.6 Å². The third kappa shape index (κ3) is 3.47. The number of benzene rings is 1. The molecule has 6 nitrogen and oxygen atoms in total. The predicted octanol–water partition coefficient (Wildman–Crippen LogP) is 1.92. The van der Waals surface area contributed by atoms with Crippen molar-refractivity contribution in [3.63, 3.8) is 0 Å². The number of hydrogen-bond donors (Lipinski definition) is 1. The third-order valence-corrected chi connectivity index (χ3v) is 2.92. The quantitative estimate of drug-likeness (QED) is 0.870. The Morgan fingerprint density at radius 2 is 2.00 bits per heavy atom. The summed E-state index contributed by atoms with van der Waals surface area (Å²) in [6, 6.07) is 7.04. The van der Waals surface area contributed by atoms with Crippen LogP contribution in [0.5, 0.6) is 5.75 Å². The number of rotatable bonds is 4. The lowest BCUT2D eigenvalue weighted by Gasteiger charge is -2.10. The lowest BCUT2D eigenvalue weighted by atomic mass is 10.1. The predicted molar refractivity (Wildman–Crippen MR) is 78.3 cm³/mol. The fraction of sp³-hybridized carbons (Fsp3) is 0.267. The van der Waals surface area contributed by atoms with E-state index in [1.54, 1.807) is 25.3 Å². The molecular weight excluding hydrogens is 272 g/mol. The van der Waals surface area contributed by atoms with Gasteiger partial charge in [-0.05, 0) is 18.2 Å². The molecule has 0 fully saturated rings. The molecule has 110 valence electrons. The zero-order valence-electron chi connectivity index (χ0n) is 12.1. The molecule has 0 bridgehead atoms. The Morgan fingerprint density at radius 1 is 1.24 bits per heavy atom. The van der Waals surface area contributed by atoms with Crippen LogP contribution in [0.3, 0.4) is 0 Å². The number of nitrogens with zero attached hydrogens (tertiary/aromatic N) is 1. The van der Waals surface area contributed by atoms with Crippen LogP contribution in [0.2, 0.25) is 0 Å². The van der Waals surface area contributed by atoms with Crippen molar-refractivity contribution in [2.75, 3.05) is 19.5 Å². The third-order valence-electron chi connectivity index (χ3n) is 2.92. The number of anilines is 1. The Bertz CT molecular complexity index is 697. The second kappa shape index (κ2) is 6.21. The summed E-state index contributed by atoms with van der Waals surface area (Å²) in [6.07, 6.45) is 0.0963. The van der Waals surface area contributed by atoms with E-state index in [0.717, 1.165) is 5.39 Å². The van der Waals surface area contributed by atoms with Gasteiger partial charge in [-0.2, -0.15) is 0 Å². The number of carbonyl (C=O) groups excluding carboxylic acids is 2. The van der Waals surface area contributed by atoms with E-state index in [0.29, 0.717) is 22.6 Å². The largest absolute Gasteiger partial charge is 0.496 e. The molecule has 2 rings (SSSR count). The SMILES string of the molecule is COC(=O)Cc1ccc2c(OC)cc(NC(C)=O)cc2n1. The van der Waals surface area contributed by atoms with Gasteiger partial charge in [0.1, 0.15) is 5.75 Å². The van der Waals surface area contributed by atoms with Gasteiger partial charge in [0.2, 0.25) is 5.91 Å². The van der Waals surface area contributed by atoms with E-state index in [4.69, 9.17) is 4.74 Å². The van der Waals surface area contributed by atoms with E-state index in [-0.39, 0.29) is 18.3 Å². The van der Waals surface area contributed by atoms with E-state index >= 15 is 0 Å². The smallest absolute Gasteiger partial charge is 0.311 e. The van der Waals surface area contributed by atoms with Crippen molar-refractivity contribution in [1.82, 2.24) is 4.98 Å². The van der Waals surface area contributed by atoms with Crippen molar-refractivity contribution in [1.29, 1.82) is 0 Å². The van der Waals surface area contributed by atoms with Gasteiger partial charge < -0.3 is 14.8 Å². The molecule has 6 heteroatoms. The number of hydrogen-bond acceptors (Lipinski definition) is 5. The van der Waals surface area contributed by atoms with Crippen LogP contribution in [0.4, 0.5) is 5.69 Å². The molecule has 0 atom stereocenters. The van der Waals surface area contributed by atoms with Crippen LogP contribution in [0.25, 0.3) is 10.9 Å². The topological polar surface area (TPSA) is 77.5 Å². The second-order valence-corrected chi connectivity index (χ2v) is 4.48. The van der Waals surface area contributed by atoms with Crippen molar-refractivity contribution >= 4 is 28.5 Å². The first-order valence-corrected chi connectivity index (χ1v) is 6.35. The van der Waals surface area contributed by atoms with Crippen LogP contribution < -0.4 is 10.1 Å². The van der Waals surface area contributed by atoms with Crippen molar-refractivity contribution in [3.05, 3.63) is 30.0 Å². The minimum absolute atomic E-state index is 0.0963. The highest BCUT2D eigenvalue weighted by Gasteiger charge is 2.10. The molecule has 1 N–H and O–H groups in total. The zero-order valence-corrected chi connectivity index (χ0v) is 12.1. The van der Waals surface area contributed by atoms with Crippen LogP contribution in [-0.2, 0) is 20.7 Å². The van der Waals surface area contributed by atoms with Gasteiger partial charge in [-0.25, -0.2) is 0 Å². The fourth-order valence-corrected chi connectivity index (χ4v) is 2.01.